The molecule has 0 saturated carbocycles. The van der Waals surface area contributed by atoms with Gasteiger partial charge in [-0.3, -0.25) is 0 Å². The third-order valence-electron chi connectivity index (χ3n) is 2.55. The van der Waals surface area contributed by atoms with Gasteiger partial charge in [0.2, 0.25) is 0 Å². The maximum Gasteiger partial charge on any atom is 0.315 e. The zero-order valence-corrected chi connectivity index (χ0v) is 9.07. The van der Waals surface area contributed by atoms with Crippen molar-refractivity contribution in [3.8, 4) is 0 Å². The minimum absolute atomic E-state index is 0.170. The normalized spacial score (nSPS) is 19.6. The lowest BCUT2D eigenvalue weighted by molar-refractivity contribution is 0.111. The Balaban J connectivity index is 1.60. The van der Waals surface area contributed by atoms with Crippen molar-refractivity contribution in [3.63, 3.8) is 0 Å². The van der Waals surface area contributed by atoms with Gasteiger partial charge in [0.25, 0.3) is 0 Å². The standard InChI is InChI=1S/C11H16N2O3/c14-11(12-6-9-3-5-15-8-9)13-7-10-2-1-4-16-10/h3,5,8,10H,1-2,4,6-7H2,(H2,12,13,14). The van der Waals surface area contributed by atoms with Crippen LogP contribution in [0, 0.1) is 0 Å². The van der Waals surface area contributed by atoms with Crippen molar-refractivity contribution in [2.75, 3.05) is 13.2 Å². The van der Waals surface area contributed by atoms with Gasteiger partial charge in [0.05, 0.1) is 18.6 Å². The number of furan rings is 1. The Morgan fingerprint density at radius 1 is 1.50 bits per heavy atom. The molecule has 1 aliphatic rings. The van der Waals surface area contributed by atoms with Gasteiger partial charge in [0.1, 0.15) is 0 Å². The molecule has 2 rings (SSSR count). The maximum atomic E-state index is 11.4. The monoisotopic (exact) mass is 224 g/mol. The fourth-order valence-corrected chi connectivity index (χ4v) is 1.65. The zero-order valence-electron chi connectivity index (χ0n) is 9.07. The Kier molecular flexibility index (Phi) is 3.82. The molecule has 1 aliphatic heterocycles. The van der Waals surface area contributed by atoms with Crippen LogP contribution in [0.5, 0.6) is 0 Å². The second-order valence-corrected chi connectivity index (χ2v) is 3.83. The maximum absolute atomic E-state index is 11.4. The van der Waals surface area contributed by atoms with Gasteiger partial charge in [-0.15, -0.1) is 0 Å². The average molecular weight is 224 g/mol. The van der Waals surface area contributed by atoms with Crippen LogP contribution in [0.25, 0.3) is 0 Å². The number of hydrogen-bond acceptors (Lipinski definition) is 3. The van der Waals surface area contributed by atoms with Crippen LogP contribution in [0.15, 0.2) is 23.0 Å². The highest BCUT2D eigenvalue weighted by Gasteiger charge is 2.15. The highest BCUT2D eigenvalue weighted by atomic mass is 16.5. The van der Waals surface area contributed by atoms with E-state index in [2.05, 4.69) is 10.6 Å². The van der Waals surface area contributed by atoms with Crippen LogP contribution in [-0.4, -0.2) is 25.3 Å². The van der Waals surface area contributed by atoms with E-state index >= 15 is 0 Å². The fraction of sp³-hybridized carbons (Fsp3) is 0.545. The zero-order chi connectivity index (χ0) is 11.2. The molecule has 0 radical (unpaired) electrons. The molecule has 1 fully saturated rings. The SMILES string of the molecule is O=C(NCc1ccoc1)NCC1CCCO1. The number of amides is 2. The highest BCUT2D eigenvalue weighted by molar-refractivity contribution is 5.73. The Morgan fingerprint density at radius 3 is 3.12 bits per heavy atom. The second-order valence-electron chi connectivity index (χ2n) is 3.83. The van der Waals surface area contributed by atoms with E-state index in [1.165, 1.54) is 0 Å². The summed E-state index contributed by atoms with van der Waals surface area (Å²) in [5, 5.41) is 5.52. The van der Waals surface area contributed by atoms with Gasteiger partial charge >= 0.3 is 6.03 Å². The summed E-state index contributed by atoms with van der Waals surface area (Å²) in [5.41, 5.74) is 0.951. The predicted octanol–water partition coefficient (Wildman–Crippen LogP) is 1.26. The largest absolute Gasteiger partial charge is 0.472 e. The molecule has 1 saturated heterocycles. The van der Waals surface area contributed by atoms with Crippen molar-refractivity contribution in [1.29, 1.82) is 0 Å². The van der Waals surface area contributed by atoms with E-state index < -0.39 is 0 Å². The number of carbonyl (C=O) groups is 1. The molecule has 88 valence electrons. The molecular weight excluding hydrogens is 208 g/mol. The Hall–Kier alpha value is -1.49. The van der Waals surface area contributed by atoms with E-state index in [4.69, 9.17) is 9.15 Å². The van der Waals surface area contributed by atoms with E-state index in [0.29, 0.717) is 13.1 Å². The highest BCUT2D eigenvalue weighted by Crippen LogP contribution is 2.10. The first-order valence-electron chi connectivity index (χ1n) is 5.49. The molecule has 5 nitrogen and oxygen atoms in total. The molecule has 0 bridgehead atoms. The van der Waals surface area contributed by atoms with Gasteiger partial charge in [0, 0.05) is 25.3 Å². The van der Waals surface area contributed by atoms with E-state index in [0.717, 1.165) is 25.0 Å². The average Bonchev–Trinajstić information content (AvgIpc) is 2.96. The summed E-state index contributed by atoms with van der Waals surface area (Å²) in [6.07, 6.45) is 5.49. The molecule has 0 aliphatic carbocycles. The lowest BCUT2D eigenvalue weighted by Gasteiger charge is -2.11. The van der Waals surface area contributed by atoms with Crippen LogP contribution in [0.4, 0.5) is 4.79 Å². The van der Waals surface area contributed by atoms with Crippen LogP contribution >= 0.6 is 0 Å². The topological polar surface area (TPSA) is 63.5 Å². The molecule has 5 heteroatoms. The Morgan fingerprint density at radius 2 is 2.44 bits per heavy atom. The van der Waals surface area contributed by atoms with Crippen LogP contribution in [0.3, 0.4) is 0 Å². The predicted molar refractivity (Wildman–Crippen MR) is 57.9 cm³/mol. The first-order chi connectivity index (χ1) is 7.84. The minimum Gasteiger partial charge on any atom is -0.472 e. The molecule has 1 unspecified atom stereocenters. The molecule has 1 aromatic rings. The lowest BCUT2D eigenvalue weighted by Crippen LogP contribution is -2.39. The molecule has 2 heterocycles. The summed E-state index contributed by atoms with van der Waals surface area (Å²) in [4.78, 5) is 11.4. The van der Waals surface area contributed by atoms with E-state index in [-0.39, 0.29) is 12.1 Å². The summed E-state index contributed by atoms with van der Waals surface area (Å²) in [7, 11) is 0. The Labute approximate surface area is 94.1 Å². The van der Waals surface area contributed by atoms with Gasteiger partial charge in [-0.05, 0) is 18.9 Å². The first kappa shape index (κ1) is 11.0. The van der Waals surface area contributed by atoms with Crippen LogP contribution in [-0.2, 0) is 11.3 Å². The van der Waals surface area contributed by atoms with Gasteiger partial charge < -0.3 is 19.8 Å². The van der Waals surface area contributed by atoms with Gasteiger partial charge in [-0.25, -0.2) is 4.79 Å². The van der Waals surface area contributed by atoms with Crippen LogP contribution in [0.2, 0.25) is 0 Å². The summed E-state index contributed by atoms with van der Waals surface area (Å²) >= 11 is 0. The molecule has 2 amide bonds. The molecule has 0 spiro atoms. The summed E-state index contributed by atoms with van der Waals surface area (Å²) in [6.45, 7) is 1.87. The lowest BCUT2D eigenvalue weighted by atomic mass is 10.2. The summed E-state index contributed by atoms with van der Waals surface area (Å²) in [6, 6.07) is 1.65. The molecule has 16 heavy (non-hydrogen) atoms. The number of ether oxygens (including phenoxy) is 1. The summed E-state index contributed by atoms with van der Waals surface area (Å²) in [5.74, 6) is 0. The first-order valence-corrected chi connectivity index (χ1v) is 5.49. The number of urea groups is 1. The minimum atomic E-state index is -0.170. The van der Waals surface area contributed by atoms with E-state index in [1.807, 2.05) is 6.07 Å². The van der Waals surface area contributed by atoms with Crippen molar-refractivity contribution in [2.45, 2.75) is 25.5 Å². The Bertz CT molecular complexity index is 318. The molecule has 0 aromatic carbocycles. The third-order valence-corrected chi connectivity index (χ3v) is 2.55. The number of hydrogen-bond donors (Lipinski definition) is 2. The quantitative estimate of drug-likeness (QED) is 0.809. The smallest absolute Gasteiger partial charge is 0.315 e. The molecule has 1 atom stereocenters. The molecule has 2 N–H and O–H groups in total. The van der Waals surface area contributed by atoms with Crippen LogP contribution in [0.1, 0.15) is 18.4 Å². The number of rotatable bonds is 4. The van der Waals surface area contributed by atoms with Crippen molar-refractivity contribution < 1.29 is 13.9 Å². The molecular formula is C11H16N2O3. The third kappa shape index (κ3) is 3.27. The number of nitrogens with one attached hydrogen (secondary N) is 2. The number of carbonyl (C=O) groups excluding carboxylic acids is 1. The van der Waals surface area contributed by atoms with Gasteiger partial charge in [-0.1, -0.05) is 0 Å². The van der Waals surface area contributed by atoms with Gasteiger partial charge in [-0.2, -0.15) is 0 Å². The molecule has 1 aromatic heterocycles. The van der Waals surface area contributed by atoms with E-state index in [1.54, 1.807) is 12.5 Å². The second kappa shape index (κ2) is 5.55. The van der Waals surface area contributed by atoms with Crippen molar-refractivity contribution in [1.82, 2.24) is 10.6 Å². The van der Waals surface area contributed by atoms with Crippen molar-refractivity contribution in [2.24, 2.45) is 0 Å². The van der Waals surface area contributed by atoms with Crippen molar-refractivity contribution >= 4 is 6.03 Å². The van der Waals surface area contributed by atoms with E-state index in [9.17, 15) is 4.79 Å². The van der Waals surface area contributed by atoms with Crippen LogP contribution < -0.4 is 10.6 Å². The van der Waals surface area contributed by atoms with Crippen molar-refractivity contribution in [3.05, 3.63) is 24.2 Å². The summed E-state index contributed by atoms with van der Waals surface area (Å²) < 4.78 is 10.3. The van der Waals surface area contributed by atoms with Gasteiger partial charge in [0.15, 0.2) is 0 Å². The fourth-order valence-electron chi connectivity index (χ4n) is 1.65.